The third-order valence-corrected chi connectivity index (χ3v) is 3.77. The monoisotopic (exact) mass is 356 g/mol. The molecule has 6 nitrogen and oxygen atoms in total. The third-order valence-electron chi connectivity index (χ3n) is 3.50. The molecule has 0 amide bonds. The van der Waals surface area contributed by atoms with Gasteiger partial charge < -0.3 is 14.8 Å². The van der Waals surface area contributed by atoms with Crippen LogP contribution in [0.15, 0.2) is 48.5 Å². The largest absolute Gasteiger partial charge is 0.494 e. The predicted molar refractivity (Wildman–Crippen MR) is 101 cm³/mol. The van der Waals surface area contributed by atoms with Gasteiger partial charge in [-0.2, -0.15) is 0 Å². The Morgan fingerprint density at radius 3 is 2.08 bits per heavy atom. The maximum Gasteiger partial charge on any atom is 0.232 e. The van der Waals surface area contributed by atoms with Crippen molar-refractivity contribution >= 4 is 23.9 Å². The summed E-state index contributed by atoms with van der Waals surface area (Å²) in [6.45, 7) is 5.19. The van der Waals surface area contributed by atoms with Gasteiger partial charge in [-0.25, -0.2) is 5.10 Å². The second kappa shape index (κ2) is 7.85. The van der Waals surface area contributed by atoms with E-state index in [-0.39, 0.29) is 0 Å². The van der Waals surface area contributed by atoms with Gasteiger partial charge in [0, 0.05) is 5.69 Å². The van der Waals surface area contributed by atoms with Gasteiger partial charge in [0.2, 0.25) is 10.7 Å². The van der Waals surface area contributed by atoms with Crippen molar-refractivity contribution in [3.63, 3.8) is 0 Å². The molecule has 1 aromatic heterocycles. The fourth-order valence-corrected chi connectivity index (χ4v) is 2.65. The van der Waals surface area contributed by atoms with Gasteiger partial charge in [0.1, 0.15) is 11.5 Å². The lowest BCUT2D eigenvalue weighted by Gasteiger charge is -2.10. The molecule has 130 valence electrons. The summed E-state index contributed by atoms with van der Waals surface area (Å²) in [5, 5.41) is 10.4. The SMILES string of the molecule is CCOc1ccc(Nc2n[nH]c(=S)n2-c2ccc(OCC)cc2)cc1. The summed E-state index contributed by atoms with van der Waals surface area (Å²) in [7, 11) is 0. The molecule has 2 aromatic carbocycles. The van der Waals surface area contributed by atoms with Crippen LogP contribution in [0.25, 0.3) is 5.69 Å². The lowest BCUT2D eigenvalue weighted by Crippen LogP contribution is -2.02. The van der Waals surface area contributed by atoms with Gasteiger partial charge in [-0.1, -0.05) is 0 Å². The van der Waals surface area contributed by atoms with Crippen molar-refractivity contribution in [2.75, 3.05) is 18.5 Å². The third kappa shape index (κ3) is 4.00. The minimum atomic E-state index is 0.512. The van der Waals surface area contributed by atoms with Crippen molar-refractivity contribution in [2.24, 2.45) is 0 Å². The summed E-state index contributed by atoms with van der Waals surface area (Å²) in [6, 6.07) is 15.4. The average Bonchev–Trinajstić information content (AvgIpc) is 2.98. The van der Waals surface area contributed by atoms with Crippen molar-refractivity contribution < 1.29 is 9.47 Å². The summed E-state index contributed by atoms with van der Waals surface area (Å²) in [6.07, 6.45) is 0. The summed E-state index contributed by atoms with van der Waals surface area (Å²) in [5.74, 6) is 2.26. The van der Waals surface area contributed by atoms with Crippen LogP contribution in [-0.4, -0.2) is 28.0 Å². The molecule has 3 rings (SSSR count). The first kappa shape index (κ1) is 17.0. The lowest BCUT2D eigenvalue weighted by molar-refractivity contribution is 0.340. The molecule has 0 aliphatic carbocycles. The number of ether oxygens (including phenoxy) is 2. The van der Waals surface area contributed by atoms with Crippen LogP contribution in [0.2, 0.25) is 0 Å². The molecule has 1 heterocycles. The number of H-pyrrole nitrogens is 1. The van der Waals surface area contributed by atoms with E-state index in [0.717, 1.165) is 22.9 Å². The number of rotatable bonds is 7. The molecule has 0 saturated heterocycles. The van der Waals surface area contributed by atoms with Gasteiger partial charge in [-0.3, -0.25) is 4.57 Å². The van der Waals surface area contributed by atoms with E-state index in [0.29, 0.717) is 23.9 Å². The summed E-state index contributed by atoms with van der Waals surface area (Å²) >= 11 is 5.36. The highest BCUT2D eigenvalue weighted by atomic mass is 32.1. The van der Waals surface area contributed by atoms with Crippen LogP contribution < -0.4 is 14.8 Å². The topological polar surface area (TPSA) is 64.1 Å². The Morgan fingerprint density at radius 2 is 1.52 bits per heavy atom. The molecule has 0 spiro atoms. The molecular formula is C18H20N4O2S. The first-order valence-electron chi connectivity index (χ1n) is 8.11. The number of hydrogen-bond donors (Lipinski definition) is 2. The number of hydrogen-bond acceptors (Lipinski definition) is 5. The van der Waals surface area contributed by atoms with Crippen molar-refractivity contribution in [1.82, 2.24) is 14.8 Å². The second-order valence-corrected chi connectivity index (χ2v) is 5.58. The first-order valence-corrected chi connectivity index (χ1v) is 8.52. The number of nitrogens with one attached hydrogen (secondary N) is 2. The van der Waals surface area contributed by atoms with Crippen LogP contribution in [-0.2, 0) is 0 Å². The number of anilines is 2. The Morgan fingerprint density at radius 1 is 0.960 bits per heavy atom. The van der Waals surface area contributed by atoms with E-state index in [2.05, 4.69) is 15.5 Å². The highest BCUT2D eigenvalue weighted by molar-refractivity contribution is 7.71. The number of aromatic amines is 1. The number of aromatic nitrogens is 3. The van der Waals surface area contributed by atoms with Gasteiger partial charge in [-0.05, 0) is 74.6 Å². The van der Waals surface area contributed by atoms with E-state index in [1.807, 2.05) is 66.9 Å². The second-order valence-electron chi connectivity index (χ2n) is 5.20. The van der Waals surface area contributed by atoms with Crippen LogP contribution >= 0.6 is 12.2 Å². The Hall–Kier alpha value is -2.80. The maximum atomic E-state index is 5.48. The summed E-state index contributed by atoms with van der Waals surface area (Å²) < 4.78 is 13.3. The summed E-state index contributed by atoms with van der Waals surface area (Å²) in [4.78, 5) is 0. The van der Waals surface area contributed by atoms with Crippen molar-refractivity contribution in [2.45, 2.75) is 13.8 Å². The van der Waals surface area contributed by atoms with Gasteiger partial charge >= 0.3 is 0 Å². The van der Waals surface area contributed by atoms with Gasteiger partial charge in [0.25, 0.3) is 0 Å². The van der Waals surface area contributed by atoms with Gasteiger partial charge in [0.05, 0.1) is 18.9 Å². The Balaban J connectivity index is 1.85. The van der Waals surface area contributed by atoms with E-state index in [1.54, 1.807) is 0 Å². The molecule has 0 saturated carbocycles. The van der Waals surface area contributed by atoms with E-state index in [4.69, 9.17) is 21.7 Å². The minimum absolute atomic E-state index is 0.512. The molecule has 25 heavy (non-hydrogen) atoms. The Kier molecular flexibility index (Phi) is 5.35. The van der Waals surface area contributed by atoms with Crippen LogP contribution in [0.5, 0.6) is 11.5 Å². The van der Waals surface area contributed by atoms with E-state index >= 15 is 0 Å². The lowest BCUT2D eigenvalue weighted by atomic mass is 10.3. The zero-order valence-electron chi connectivity index (χ0n) is 14.2. The van der Waals surface area contributed by atoms with Crippen molar-refractivity contribution in [3.05, 3.63) is 53.3 Å². The molecule has 2 N–H and O–H groups in total. The fourth-order valence-electron chi connectivity index (χ4n) is 2.41. The molecule has 0 aliphatic heterocycles. The molecule has 0 fully saturated rings. The standard InChI is InChI=1S/C18H20N4O2S/c1-3-23-15-9-5-13(6-10-15)19-17-20-21-18(25)22(17)14-7-11-16(12-8-14)24-4-2/h5-12H,3-4H2,1-2H3,(H,19,20)(H,21,25). The summed E-state index contributed by atoms with van der Waals surface area (Å²) in [5.41, 5.74) is 1.79. The molecule has 0 aliphatic rings. The molecule has 0 bridgehead atoms. The quantitative estimate of drug-likeness (QED) is 0.612. The molecule has 0 unspecified atom stereocenters. The zero-order valence-corrected chi connectivity index (χ0v) is 15.0. The number of nitrogens with zero attached hydrogens (tertiary/aromatic N) is 2. The van der Waals surface area contributed by atoms with E-state index < -0.39 is 0 Å². The molecule has 0 radical (unpaired) electrons. The average molecular weight is 356 g/mol. The zero-order chi connectivity index (χ0) is 17.6. The highest BCUT2D eigenvalue weighted by Crippen LogP contribution is 2.23. The van der Waals surface area contributed by atoms with E-state index in [1.165, 1.54) is 0 Å². The van der Waals surface area contributed by atoms with Gasteiger partial charge in [-0.15, -0.1) is 5.10 Å². The molecular weight excluding hydrogens is 336 g/mol. The van der Waals surface area contributed by atoms with Gasteiger partial charge in [0.15, 0.2) is 0 Å². The number of benzene rings is 2. The van der Waals surface area contributed by atoms with Crippen LogP contribution in [0.1, 0.15) is 13.8 Å². The van der Waals surface area contributed by atoms with Crippen LogP contribution in [0, 0.1) is 4.77 Å². The highest BCUT2D eigenvalue weighted by Gasteiger charge is 2.09. The smallest absolute Gasteiger partial charge is 0.232 e. The fraction of sp³-hybridized carbons (Fsp3) is 0.222. The molecule has 3 aromatic rings. The Bertz CT molecular complexity index is 869. The predicted octanol–water partition coefficient (Wildman–Crippen LogP) is 4.47. The Labute approximate surface area is 151 Å². The van der Waals surface area contributed by atoms with Crippen LogP contribution in [0.3, 0.4) is 0 Å². The van der Waals surface area contributed by atoms with Crippen LogP contribution in [0.4, 0.5) is 11.6 Å². The minimum Gasteiger partial charge on any atom is -0.494 e. The first-order chi connectivity index (χ1) is 12.2. The molecule has 7 heteroatoms. The normalized spacial score (nSPS) is 10.5. The van der Waals surface area contributed by atoms with E-state index in [9.17, 15) is 0 Å². The van der Waals surface area contributed by atoms with Crippen molar-refractivity contribution in [3.8, 4) is 17.2 Å². The maximum absolute atomic E-state index is 5.48. The molecule has 0 atom stereocenters. The van der Waals surface area contributed by atoms with Crippen molar-refractivity contribution in [1.29, 1.82) is 0 Å².